The second-order valence-corrected chi connectivity index (χ2v) is 14.7. The highest BCUT2D eigenvalue weighted by Crippen LogP contribution is 2.47. The Morgan fingerprint density at radius 2 is 0.810 bits per heavy atom. The minimum Gasteiger partial charge on any atom is -0.311 e. The highest BCUT2D eigenvalue weighted by Gasteiger charge is 2.20. The monoisotopic (exact) mass is 743 g/mol. The average molecular weight is 744 g/mol. The Balaban J connectivity index is 1.21. The van der Waals surface area contributed by atoms with Crippen molar-refractivity contribution in [2.75, 3.05) is 4.90 Å². The van der Waals surface area contributed by atoms with Gasteiger partial charge in [-0.1, -0.05) is 195 Å². The third-order valence-electron chi connectivity index (χ3n) is 11.1. The number of hydrogen-bond donors (Lipinski definition) is 0. The summed E-state index contributed by atoms with van der Waals surface area (Å²) in [5.41, 5.74) is 15.6. The van der Waals surface area contributed by atoms with Crippen LogP contribution in [0.2, 0.25) is 0 Å². The van der Waals surface area contributed by atoms with E-state index in [1.807, 2.05) is 0 Å². The highest BCUT2D eigenvalue weighted by molar-refractivity contribution is 6.22. The number of benzene rings is 9. The molecule has 0 amide bonds. The van der Waals surface area contributed by atoms with Gasteiger partial charge in [-0.3, -0.25) is 0 Å². The molecule has 58 heavy (non-hydrogen) atoms. The predicted molar refractivity (Wildman–Crippen MR) is 250 cm³/mol. The highest BCUT2D eigenvalue weighted by atomic mass is 15.1. The number of fused-ring (bicyclic) bond motifs is 2. The van der Waals surface area contributed by atoms with Gasteiger partial charge >= 0.3 is 0 Å². The van der Waals surface area contributed by atoms with E-state index in [9.17, 15) is 0 Å². The Labute approximate surface area is 342 Å². The molecule has 278 valence electrons. The number of hydrogen-bond acceptors (Lipinski definition) is 1. The molecule has 0 N–H and O–H groups in total. The van der Waals surface area contributed by atoms with Crippen LogP contribution in [0.15, 0.2) is 230 Å². The van der Waals surface area contributed by atoms with Gasteiger partial charge in [-0.05, 0) is 127 Å². The third kappa shape index (κ3) is 7.04. The van der Waals surface area contributed by atoms with Crippen molar-refractivity contribution in [2.24, 2.45) is 0 Å². The maximum Gasteiger partial charge on any atom is 0.0461 e. The summed E-state index contributed by atoms with van der Waals surface area (Å²) in [6.07, 6.45) is 7.63. The van der Waals surface area contributed by atoms with E-state index in [0.717, 1.165) is 23.5 Å². The van der Waals surface area contributed by atoms with Crippen molar-refractivity contribution in [3.8, 4) is 55.6 Å². The minimum absolute atomic E-state index is 0.969. The molecule has 0 unspecified atom stereocenters. The Morgan fingerprint density at radius 1 is 0.397 bits per heavy atom. The first-order valence-electron chi connectivity index (χ1n) is 20.3. The summed E-state index contributed by atoms with van der Waals surface area (Å²) in [5, 5.41) is 4.95. The topological polar surface area (TPSA) is 3.24 Å². The Hall–Kier alpha value is -7.22. The van der Waals surface area contributed by atoms with Crippen LogP contribution in [0.1, 0.15) is 20.3 Å². The van der Waals surface area contributed by atoms with Crippen molar-refractivity contribution in [1.29, 1.82) is 0 Å². The summed E-state index contributed by atoms with van der Waals surface area (Å²) in [4.78, 5) is 2.36. The molecule has 0 saturated heterocycles. The summed E-state index contributed by atoms with van der Waals surface area (Å²) in [7, 11) is 0. The molecule has 0 spiro atoms. The van der Waals surface area contributed by atoms with E-state index < -0.39 is 0 Å². The summed E-state index contributed by atoms with van der Waals surface area (Å²) in [5.74, 6) is 0. The molecule has 0 aliphatic rings. The van der Waals surface area contributed by atoms with E-state index in [1.165, 1.54) is 77.2 Å². The molecule has 0 saturated carbocycles. The predicted octanol–water partition coefficient (Wildman–Crippen LogP) is 16.3. The van der Waals surface area contributed by atoms with Gasteiger partial charge in [0.2, 0.25) is 0 Å². The second kappa shape index (κ2) is 16.5. The number of allylic oxidation sites excluding steroid dienone is 3. The van der Waals surface area contributed by atoms with Crippen LogP contribution < -0.4 is 4.90 Å². The average Bonchev–Trinajstić information content (AvgIpc) is 3.30. The van der Waals surface area contributed by atoms with Crippen LogP contribution in [-0.4, -0.2) is 0 Å². The van der Waals surface area contributed by atoms with Gasteiger partial charge in [0.1, 0.15) is 0 Å². The lowest BCUT2D eigenvalue weighted by Gasteiger charge is -2.27. The largest absolute Gasteiger partial charge is 0.311 e. The van der Waals surface area contributed by atoms with Crippen molar-refractivity contribution in [2.45, 2.75) is 20.3 Å². The normalized spacial score (nSPS) is 11.7. The molecule has 0 aromatic heterocycles. The van der Waals surface area contributed by atoms with E-state index in [1.54, 1.807) is 0 Å². The van der Waals surface area contributed by atoms with Crippen molar-refractivity contribution in [3.05, 3.63) is 230 Å². The summed E-state index contributed by atoms with van der Waals surface area (Å²) in [6.45, 7) is 4.30. The standard InChI is InChI=1S/C57H45N/c1-3-5-25-47(4-2)58(48-35-30-43(31-36-48)41-19-9-6-10-20-41)49-37-32-45(33-38-49)56-51-26-15-17-28-53(51)57(54-29-18-16-27-52(54)56)55-40-46(42-21-11-7-12-22-42)34-39-50(55)44-23-13-8-14-24-44/h4-40H,3H2,1-2H3/b25-5-,47-4+. The summed E-state index contributed by atoms with van der Waals surface area (Å²) in [6, 6.07) is 75.0. The maximum absolute atomic E-state index is 2.40. The van der Waals surface area contributed by atoms with Crippen molar-refractivity contribution in [3.63, 3.8) is 0 Å². The van der Waals surface area contributed by atoms with Crippen LogP contribution in [0.4, 0.5) is 11.4 Å². The van der Waals surface area contributed by atoms with Crippen LogP contribution >= 0.6 is 0 Å². The number of nitrogens with zero attached hydrogens (tertiary/aromatic N) is 1. The first-order chi connectivity index (χ1) is 28.7. The molecule has 0 atom stereocenters. The molecular weight excluding hydrogens is 699 g/mol. The Bertz CT molecular complexity index is 2830. The molecule has 1 heteroatoms. The zero-order chi connectivity index (χ0) is 39.3. The van der Waals surface area contributed by atoms with Gasteiger partial charge in [0, 0.05) is 17.1 Å². The van der Waals surface area contributed by atoms with E-state index in [0.29, 0.717) is 0 Å². The molecule has 0 bridgehead atoms. The third-order valence-corrected chi connectivity index (χ3v) is 11.1. The molecule has 1 nitrogen and oxygen atoms in total. The summed E-state index contributed by atoms with van der Waals surface area (Å²) >= 11 is 0. The van der Waals surface area contributed by atoms with Crippen LogP contribution in [0.5, 0.6) is 0 Å². The van der Waals surface area contributed by atoms with Gasteiger partial charge < -0.3 is 4.90 Å². The molecule has 9 aromatic rings. The fraction of sp³-hybridized carbons (Fsp3) is 0.0526. The van der Waals surface area contributed by atoms with Crippen molar-refractivity contribution >= 4 is 32.9 Å². The van der Waals surface area contributed by atoms with E-state index in [2.05, 4.69) is 243 Å². The SMILES string of the molecule is C/C=C(\C=C/CC)N(c1ccc(-c2ccccc2)cc1)c1ccc(-c2c3ccccc3c(-c3cc(-c4ccccc4)ccc3-c3ccccc3)c3ccccc23)cc1. The van der Waals surface area contributed by atoms with Gasteiger partial charge in [0.25, 0.3) is 0 Å². The molecule has 9 rings (SSSR count). The second-order valence-electron chi connectivity index (χ2n) is 14.7. The zero-order valence-electron chi connectivity index (χ0n) is 33.0. The smallest absolute Gasteiger partial charge is 0.0461 e. The van der Waals surface area contributed by atoms with Crippen molar-refractivity contribution in [1.82, 2.24) is 0 Å². The van der Waals surface area contributed by atoms with Gasteiger partial charge in [-0.15, -0.1) is 0 Å². The molecule has 0 heterocycles. The molecule has 0 fully saturated rings. The molecule has 9 aromatic carbocycles. The lowest BCUT2D eigenvalue weighted by Crippen LogP contribution is -2.15. The number of anilines is 2. The van der Waals surface area contributed by atoms with Crippen LogP contribution in [-0.2, 0) is 0 Å². The number of rotatable bonds is 10. The van der Waals surface area contributed by atoms with E-state index >= 15 is 0 Å². The molecule has 0 radical (unpaired) electrons. The summed E-state index contributed by atoms with van der Waals surface area (Å²) < 4.78 is 0. The molecular formula is C57H45N. The first kappa shape index (κ1) is 36.4. The Kier molecular flexibility index (Phi) is 10.3. The van der Waals surface area contributed by atoms with Gasteiger partial charge in [0.05, 0.1) is 0 Å². The van der Waals surface area contributed by atoms with E-state index in [-0.39, 0.29) is 0 Å². The van der Waals surface area contributed by atoms with Gasteiger partial charge in [0.15, 0.2) is 0 Å². The van der Waals surface area contributed by atoms with E-state index in [4.69, 9.17) is 0 Å². The molecule has 0 aliphatic heterocycles. The lowest BCUT2D eigenvalue weighted by atomic mass is 9.83. The quantitative estimate of drug-likeness (QED) is 0.0996. The maximum atomic E-state index is 2.40. The van der Waals surface area contributed by atoms with Gasteiger partial charge in [-0.2, -0.15) is 0 Å². The van der Waals surface area contributed by atoms with Crippen LogP contribution in [0.25, 0.3) is 77.2 Å². The minimum atomic E-state index is 0.969. The zero-order valence-corrected chi connectivity index (χ0v) is 33.0. The molecule has 0 aliphatic carbocycles. The lowest BCUT2D eigenvalue weighted by molar-refractivity contribution is 1.17. The fourth-order valence-electron chi connectivity index (χ4n) is 8.36. The Morgan fingerprint density at radius 3 is 1.31 bits per heavy atom. The van der Waals surface area contributed by atoms with Crippen molar-refractivity contribution < 1.29 is 0 Å². The first-order valence-corrected chi connectivity index (χ1v) is 20.3. The van der Waals surface area contributed by atoms with Crippen LogP contribution in [0.3, 0.4) is 0 Å². The van der Waals surface area contributed by atoms with Crippen LogP contribution in [0, 0.1) is 0 Å². The fourth-order valence-corrected chi connectivity index (χ4v) is 8.36. The van der Waals surface area contributed by atoms with Gasteiger partial charge in [-0.25, -0.2) is 0 Å².